The molecule has 1 atom stereocenters. The van der Waals surface area contributed by atoms with Gasteiger partial charge in [0.15, 0.2) is 0 Å². The number of hydrogen-bond donors (Lipinski definition) is 1. The van der Waals surface area contributed by atoms with Crippen molar-refractivity contribution in [3.8, 4) is 0 Å². The number of aryl methyl sites for hydroxylation is 1. The van der Waals surface area contributed by atoms with Gasteiger partial charge in [-0.3, -0.25) is 9.69 Å². The van der Waals surface area contributed by atoms with Gasteiger partial charge in [0, 0.05) is 50.3 Å². The number of nitrogens with one attached hydrogen (secondary N) is 1. The predicted octanol–water partition coefficient (Wildman–Crippen LogP) is 1.97. The molecule has 134 valence electrons. The second-order valence-corrected chi connectivity index (χ2v) is 6.96. The Hall–Kier alpha value is -0.110. The fourth-order valence-corrected chi connectivity index (χ4v) is 3.79. The van der Waals surface area contributed by atoms with Crippen molar-refractivity contribution >= 4 is 54.5 Å². The fourth-order valence-electron chi connectivity index (χ4n) is 2.95. The average molecular weight is 404 g/mol. The van der Waals surface area contributed by atoms with Gasteiger partial charge in [-0.05, 0) is 19.9 Å². The Balaban J connectivity index is 0.00000161. The quantitative estimate of drug-likeness (QED) is 0.838. The van der Waals surface area contributed by atoms with E-state index < -0.39 is 0 Å². The third-order valence-corrected chi connectivity index (χ3v) is 5.04. The van der Waals surface area contributed by atoms with Crippen LogP contribution in [0, 0.1) is 12.8 Å². The number of rotatable bonds is 3. The van der Waals surface area contributed by atoms with Crippen LogP contribution in [-0.2, 0) is 11.3 Å². The zero-order valence-corrected chi connectivity index (χ0v) is 16.5. The van der Waals surface area contributed by atoms with Gasteiger partial charge in [0.1, 0.15) is 0 Å². The molecule has 2 aliphatic heterocycles. The average Bonchev–Trinajstić information content (AvgIpc) is 3.11. The van der Waals surface area contributed by atoms with Gasteiger partial charge >= 0.3 is 0 Å². The molecule has 1 aromatic rings. The third kappa shape index (κ3) is 6.03. The molecule has 1 amide bonds. The van der Waals surface area contributed by atoms with Gasteiger partial charge < -0.3 is 10.2 Å². The van der Waals surface area contributed by atoms with Gasteiger partial charge in [-0.15, -0.1) is 48.6 Å². The lowest BCUT2D eigenvalue weighted by Gasteiger charge is -2.35. The summed E-state index contributed by atoms with van der Waals surface area (Å²) in [7, 11) is 0. The van der Waals surface area contributed by atoms with Crippen molar-refractivity contribution in [2.24, 2.45) is 5.92 Å². The summed E-state index contributed by atoms with van der Waals surface area (Å²) in [6, 6.07) is 0. The van der Waals surface area contributed by atoms with Crippen molar-refractivity contribution in [1.82, 2.24) is 20.1 Å². The van der Waals surface area contributed by atoms with Gasteiger partial charge in [0.2, 0.25) is 5.91 Å². The molecule has 0 aromatic carbocycles. The molecule has 1 aromatic heterocycles. The first-order valence-corrected chi connectivity index (χ1v) is 8.17. The number of halogens is 3. The van der Waals surface area contributed by atoms with Crippen molar-refractivity contribution < 1.29 is 4.79 Å². The number of aromatic nitrogens is 1. The summed E-state index contributed by atoms with van der Waals surface area (Å²) in [4.78, 5) is 22.4. The third-order valence-electron chi connectivity index (χ3n) is 4.14. The zero-order valence-electron chi connectivity index (χ0n) is 13.2. The Kier molecular flexibility index (Phi) is 10.6. The molecule has 0 saturated carbocycles. The molecule has 9 heteroatoms. The maximum absolute atomic E-state index is 12.3. The van der Waals surface area contributed by atoms with Crippen LogP contribution in [0.2, 0.25) is 0 Å². The molecule has 3 rings (SSSR count). The van der Waals surface area contributed by atoms with E-state index in [0.29, 0.717) is 5.91 Å². The summed E-state index contributed by atoms with van der Waals surface area (Å²) in [5, 5.41) is 4.40. The topological polar surface area (TPSA) is 48.5 Å². The zero-order chi connectivity index (χ0) is 13.9. The second-order valence-electron chi connectivity index (χ2n) is 5.64. The van der Waals surface area contributed by atoms with Gasteiger partial charge in [-0.2, -0.15) is 0 Å². The minimum Gasteiger partial charge on any atom is -0.340 e. The largest absolute Gasteiger partial charge is 0.340 e. The molecular weight excluding hydrogens is 379 g/mol. The Morgan fingerprint density at radius 3 is 2.52 bits per heavy atom. The van der Waals surface area contributed by atoms with E-state index in [9.17, 15) is 4.79 Å². The highest BCUT2D eigenvalue weighted by molar-refractivity contribution is 7.11. The van der Waals surface area contributed by atoms with E-state index >= 15 is 0 Å². The summed E-state index contributed by atoms with van der Waals surface area (Å²) in [6.07, 6.45) is 2.97. The number of hydrogen-bond acceptors (Lipinski definition) is 5. The van der Waals surface area contributed by atoms with Crippen molar-refractivity contribution in [2.45, 2.75) is 19.9 Å². The first-order chi connectivity index (χ1) is 9.72. The Morgan fingerprint density at radius 1 is 1.30 bits per heavy atom. The van der Waals surface area contributed by atoms with Crippen LogP contribution in [0.25, 0.3) is 0 Å². The molecule has 0 spiro atoms. The molecule has 0 radical (unpaired) electrons. The van der Waals surface area contributed by atoms with Gasteiger partial charge in [0.05, 0.1) is 10.9 Å². The molecule has 0 bridgehead atoms. The normalized spacial score (nSPS) is 21.1. The molecule has 3 heterocycles. The maximum atomic E-state index is 12.3. The lowest BCUT2D eigenvalue weighted by Crippen LogP contribution is -2.50. The van der Waals surface area contributed by atoms with Crippen molar-refractivity contribution in [3.63, 3.8) is 0 Å². The molecule has 2 saturated heterocycles. The van der Waals surface area contributed by atoms with Gasteiger partial charge in [-0.1, -0.05) is 0 Å². The van der Waals surface area contributed by atoms with Crippen LogP contribution in [-0.4, -0.2) is 60.0 Å². The lowest BCUT2D eigenvalue weighted by atomic mass is 10.1. The first kappa shape index (κ1) is 22.9. The smallest absolute Gasteiger partial charge is 0.227 e. The summed E-state index contributed by atoms with van der Waals surface area (Å²) in [5.41, 5.74) is 0. The number of carbonyl (C=O) groups is 1. The van der Waals surface area contributed by atoms with E-state index in [2.05, 4.69) is 15.2 Å². The molecular formula is C14H25Cl3N4OS. The number of thiazole rings is 1. The fraction of sp³-hybridized carbons (Fsp3) is 0.714. The van der Waals surface area contributed by atoms with Crippen molar-refractivity contribution in [1.29, 1.82) is 0 Å². The molecule has 2 aliphatic rings. The summed E-state index contributed by atoms with van der Waals surface area (Å²) < 4.78 is 0. The van der Waals surface area contributed by atoms with Crippen LogP contribution in [0.1, 0.15) is 16.3 Å². The van der Waals surface area contributed by atoms with E-state index in [4.69, 9.17) is 0 Å². The number of amides is 1. The summed E-state index contributed by atoms with van der Waals surface area (Å²) in [6.45, 7) is 8.55. The minimum atomic E-state index is 0. The Labute approximate surface area is 160 Å². The predicted molar refractivity (Wildman–Crippen MR) is 101 cm³/mol. The molecule has 1 N–H and O–H groups in total. The van der Waals surface area contributed by atoms with Crippen LogP contribution in [0.5, 0.6) is 0 Å². The highest BCUT2D eigenvalue weighted by Gasteiger charge is 2.29. The first-order valence-electron chi connectivity index (χ1n) is 7.35. The molecule has 0 aliphatic carbocycles. The Morgan fingerprint density at radius 2 is 2.00 bits per heavy atom. The number of nitrogens with zero attached hydrogens (tertiary/aromatic N) is 3. The monoisotopic (exact) mass is 402 g/mol. The van der Waals surface area contributed by atoms with E-state index in [0.717, 1.165) is 57.2 Å². The van der Waals surface area contributed by atoms with Crippen LogP contribution in [0.15, 0.2) is 6.20 Å². The molecule has 23 heavy (non-hydrogen) atoms. The Bertz CT molecular complexity index is 474. The number of piperazine rings is 1. The molecule has 2 fully saturated rings. The molecule has 1 unspecified atom stereocenters. The maximum Gasteiger partial charge on any atom is 0.227 e. The van der Waals surface area contributed by atoms with E-state index in [1.807, 2.05) is 18.0 Å². The highest BCUT2D eigenvalue weighted by atomic mass is 35.5. The van der Waals surface area contributed by atoms with Crippen LogP contribution >= 0.6 is 48.6 Å². The summed E-state index contributed by atoms with van der Waals surface area (Å²) in [5.74, 6) is 0.564. The van der Waals surface area contributed by atoms with Crippen LogP contribution < -0.4 is 5.32 Å². The van der Waals surface area contributed by atoms with Gasteiger partial charge in [-0.25, -0.2) is 4.98 Å². The second kappa shape index (κ2) is 10.7. The molecule has 5 nitrogen and oxygen atoms in total. The van der Waals surface area contributed by atoms with Crippen molar-refractivity contribution in [3.05, 3.63) is 16.1 Å². The van der Waals surface area contributed by atoms with Crippen molar-refractivity contribution in [2.75, 3.05) is 39.3 Å². The van der Waals surface area contributed by atoms with Crippen LogP contribution in [0.4, 0.5) is 0 Å². The highest BCUT2D eigenvalue weighted by Crippen LogP contribution is 2.17. The standard InChI is InChI=1S/C14H22N4OS.3ClH/c1-11-16-9-13(20-11)10-17-4-6-18(7-5-17)14(19)12-2-3-15-8-12;;;/h9,12,15H,2-8,10H2,1H3;3*1H. The SMILES string of the molecule is Cc1ncc(CN2CCN(C(=O)C3CCNC3)CC2)s1.Cl.Cl.Cl. The summed E-state index contributed by atoms with van der Waals surface area (Å²) >= 11 is 1.77. The van der Waals surface area contributed by atoms with Crippen LogP contribution in [0.3, 0.4) is 0 Å². The number of carbonyl (C=O) groups excluding carboxylic acids is 1. The van der Waals surface area contributed by atoms with E-state index in [1.54, 1.807) is 11.3 Å². The lowest BCUT2D eigenvalue weighted by molar-refractivity contribution is -0.136. The van der Waals surface area contributed by atoms with E-state index in [1.165, 1.54) is 4.88 Å². The van der Waals surface area contributed by atoms with E-state index in [-0.39, 0.29) is 43.1 Å². The van der Waals surface area contributed by atoms with Gasteiger partial charge in [0.25, 0.3) is 0 Å². The minimum absolute atomic E-state index is 0.